The van der Waals surface area contributed by atoms with Crippen LogP contribution in [0.25, 0.3) is 11.0 Å². The van der Waals surface area contributed by atoms with Crippen molar-refractivity contribution in [1.29, 1.82) is 0 Å². The lowest BCUT2D eigenvalue weighted by Gasteiger charge is -2.20. The van der Waals surface area contributed by atoms with Crippen LogP contribution in [0.2, 0.25) is 0 Å². The molecule has 3 rings (SSSR count). The molecule has 0 aliphatic rings. The van der Waals surface area contributed by atoms with E-state index >= 15 is 0 Å². The van der Waals surface area contributed by atoms with Gasteiger partial charge in [-0.15, -0.1) is 0 Å². The summed E-state index contributed by atoms with van der Waals surface area (Å²) >= 11 is 1.69. The molecule has 3 nitrogen and oxygen atoms in total. The van der Waals surface area contributed by atoms with Crippen LogP contribution in [0.4, 0.5) is 0 Å². The Kier molecular flexibility index (Phi) is 3.41. The monoisotopic (exact) mass is 298 g/mol. The Morgan fingerprint density at radius 2 is 1.71 bits per heavy atom. The van der Waals surface area contributed by atoms with E-state index in [1.807, 2.05) is 51.1 Å². The summed E-state index contributed by atoms with van der Waals surface area (Å²) in [5, 5.41) is 0. The van der Waals surface area contributed by atoms with Crippen molar-refractivity contribution in [2.24, 2.45) is 0 Å². The van der Waals surface area contributed by atoms with Gasteiger partial charge in [0.15, 0.2) is 0 Å². The highest BCUT2D eigenvalue weighted by molar-refractivity contribution is 7.99. The summed E-state index contributed by atoms with van der Waals surface area (Å²) in [6, 6.07) is 16.3. The van der Waals surface area contributed by atoms with E-state index in [1.54, 1.807) is 16.3 Å². The van der Waals surface area contributed by atoms with Crippen molar-refractivity contribution < 1.29 is 0 Å². The van der Waals surface area contributed by atoms with Crippen LogP contribution >= 0.6 is 11.8 Å². The summed E-state index contributed by atoms with van der Waals surface area (Å²) in [6.45, 7) is 6.11. The number of H-pyrrole nitrogens is 1. The van der Waals surface area contributed by atoms with E-state index in [9.17, 15) is 4.79 Å². The largest absolute Gasteiger partial charge is 0.326 e. The van der Waals surface area contributed by atoms with E-state index in [1.165, 1.54) is 4.90 Å². The van der Waals surface area contributed by atoms with Gasteiger partial charge in [0.05, 0.1) is 11.0 Å². The van der Waals surface area contributed by atoms with Crippen molar-refractivity contribution in [1.82, 2.24) is 9.55 Å². The molecular formula is C17H18N2OS. The highest BCUT2D eigenvalue weighted by Crippen LogP contribution is 2.30. The molecule has 108 valence electrons. The third-order valence-corrected chi connectivity index (χ3v) is 4.30. The Morgan fingerprint density at radius 1 is 1.00 bits per heavy atom. The van der Waals surface area contributed by atoms with E-state index in [-0.39, 0.29) is 11.2 Å². The zero-order valence-electron chi connectivity index (χ0n) is 12.4. The van der Waals surface area contributed by atoms with Gasteiger partial charge in [0, 0.05) is 15.3 Å². The van der Waals surface area contributed by atoms with E-state index in [0.29, 0.717) is 0 Å². The Labute approximate surface area is 128 Å². The Balaban J connectivity index is 2.04. The molecule has 1 aromatic heterocycles. The van der Waals surface area contributed by atoms with Crippen molar-refractivity contribution >= 4 is 22.8 Å². The normalized spacial score (nSPS) is 12.0. The minimum atomic E-state index is -0.233. The lowest BCUT2D eigenvalue weighted by Crippen LogP contribution is -2.31. The van der Waals surface area contributed by atoms with Gasteiger partial charge < -0.3 is 4.98 Å². The molecule has 21 heavy (non-hydrogen) atoms. The minimum Gasteiger partial charge on any atom is -0.305 e. The molecule has 0 atom stereocenters. The molecule has 0 saturated heterocycles. The second-order valence-electron chi connectivity index (χ2n) is 6.03. The summed E-state index contributed by atoms with van der Waals surface area (Å²) in [7, 11) is 0. The van der Waals surface area contributed by atoms with Crippen molar-refractivity contribution in [3.63, 3.8) is 0 Å². The van der Waals surface area contributed by atoms with Crippen LogP contribution in [-0.2, 0) is 5.54 Å². The summed E-state index contributed by atoms with van der Waals surface area (Å²) in [5.74, 6) is 0. The number of fused-ring (bicyclic) bond motifs is 1. The second kappa shape index (κ2) is 5.11. The third kappa shape index (κ3) is 2.76. The molecule has 1 heterocycles. The maximum atomic E-state index is 12.2. The van der Waals surface area contributed by atoms with Crippen LogP contribution in [0, 0.1) is 0 Å². The fourth-order valence-electron chi connectivity index (χ4n) is 2.44. The standard InChI is InChI=1S/C17H18N2OS/c1-17(2,3)19-15-10-9-13(11-14(15)18-16(19)20)21-12-7-5-4-6-8-12/h4-11H,1-3H3,(H,18,20). The average Bonchev–Trinajstić information content (AvgIpc) is 2.74. The van der Waals surface area contributed by atoms with Gasteiger partial charge >= 0.3 is 5.69 Å². The van der Waals surface area contributed by atoms with Gasteiger partial charge in [-0.1, -0.05) is 30.0 Å². The summed E-state index contributed by atoms with van der Waals surface area (Å²) in [4.78, 5) is 17.4. The fraction of sp³-hybridized carbons (Fsp3) is 0.235. The molecule has 0 saturated carbocycles. The first-order valence-electron chi connectivity index (χ1n) is 6.93. The zero-order chi connectivity index (χ0) is 15.0. The van der Waals surface area contributed by atoms with Crippen LogP contribution in [0.3, 0.4) is 0 Å². The number of aromatic nitrogens is 2. The number of imidazole rings is 1. The van der Waals surface area contributed by atoms with E-state index in [0.717, 1.165) is 15.9 Å². The number of nitrogens with zero attached hydrogens (tertiary/aromatic N) is 1. The maximum absolute atomic E-state index is 12.2. The van der Waals surface area contributed by atoms with Gasteiger partial charge in [-0.05, 0) is 51.1 Å². The molecule has 3 aromatic rings. The number of aromatic amines is 1. The van der Waals surface area contributed by atoms with Crippen molar-refractivity contribution in [2.75, 3.05) is 0 Å². The molecule has 0 aliphatic carbocycles. The smallest absolute Gasteiger partial charge is 0.305 e. The minimum absolute atomic E-state index is 0.0561. The van der Waals surface area contributed by atoms with E-state index in [4.69, 9.17) is 0 Å². The lowest BCUT2D eigenvalue weighted by molar-refractivity contribution is 0.397. The second-order valence-corrected chi connectivity index (χ2v) is 7.18. The topological polar surface area (TPSA) is 37.8 Å². The Hall–Kier alpha value is -1.94. The Bertz CT molecular complexity index is 825. The first-order chi connectivity index (χ1) is 9.95. The van der Waals surface area contributed by atoms with Gasteiger partial charge in [0.2, 0.25) is 0 Å². The van der Waals surface area contributed by atoms with Crippen LogP contribution in [-0.4, -0.2) is 9.55 Å². The summed E-state index contributed by atoms with van der Waals surface area (Å²) in [6.07, 6.45) is 0. The first kappa shape index (κ1) is 14.0. The van der Waals surface area contributed by atoms with Gasteiger partial charge in [0.1, 0.15) is 0 Å². The van der Waals surface area contributed by atoms with Crippen LogP contribution in [0.5, 0.6) is 0 Å². The molecule has 0 spiro atoms. The quantitative estimate of drug-likeness (QED) is 0.768. The summed E-state index contributed by atoms with van der Waals surface area (Å²) < 4.78 is 1.80. The predicted molar refractivity (Wildman–Crippen MR) is 88.1 cm³/mol. The SMILES string of the molecule is CC(C)(C)n1c(=O)[nH]c2cc(Sc3ccccc3)ccc21. The van der Waals surface area contributed by atoms with Gasteiger partial charge in [0.25, 0.3) is 0 Å². The van der Waals surface area contributed by atoms with Crippen molar-refractivity contribution in [2.45, 2.75) is 36.1 Å². The number of hydrogen-bond donors (Lipinski definition) is 1. The summed E-state index contributed by atoms with van der Waals surface area (Å²) in [5.41, 5.74) is 1.55. The van der Waals surface area contributed by atoms with Gasteiger partial charge in [-0.3, -0.25) is 4.57 Å². The molecule has 0 amide bonds. The molecule has 0 unspecified atom stereocenters. The molecule has 0 radical (unpaired) electrons. The van der Waals surface area contributed by atoms with Crippen LogP contribution < -0.4 is 5.69 Å². The maximum Gasteiger partial charge on any atom is 0.326 e. The van der Waals surface area contributed by atoms with Crippen molar-refractivity contribution in [3.8, 4) is 0 Å². The molecule has 0 aliphatic heterocycles. The van der Waals surface area contributed by atoms with Crippen molar-refractivity contribution in [3.05, 3.63) is 59.0 Å². The van der Waals surface area contributed by atoms with E-state index in [2.05, 4.69) is 23.2 Å². The Morgan fingerprint density at radius 3 is 2.38 bits per heavy atom. The molecule has 1 N–H and O–H groups in total. The molecule has 0 bridgehead atoms. The number of nitrogens with one attached hydrogen (secondary N) is 1. The highest BCUT2D eigenvalue weighted by atomic mass is 32.2. The van der Waals surface area contributed by atoms with Crippen LogP contribution in [0.1, 0.15) is 20.8 Å². The predicted octanol–water partition coefficient (Wildman–Crippen LogP) is 4.24. The van der Waals surface area contributed by atoms with E-state index < -0.39 is 0 Å². The highest BCUT2D eigenvalue weighted by Gasteiger charge is 2.19. The number of hydrogen-bond acceptors (Lipinski definition) is 2. The number of rotatable bonds is 2. The fourth-order valence-corrected chi connectivity index (χ4v) is 3.32. The molecular weight excluding hydrogens is 280 g/mol. The first-order valence-corrected chi connectivity index (χ1v) is 7.75. The molecule has 0 fully saturated rings. The lowest BCUT2D eigenvalue weighted by atomic mass is 10.1. The average molecular weight is 298 g/mol. The molecule has 2 aromatic carbocycles. The van der Waals surface area contributed by atoms with Crippen LogP contribution in [0.15, 0.2) is 63.1 Å². The molecule has 4 heteroatoms. The van der Waals surface area contributed by atoms with Gasteiger partial charge in [-0.2, -0.15) is 0 Å². The zero-order valence-corrected chi connectivity index (χ0v) is 13.2. The number of benzene rings is 2. The third-order valence-electron chi connectivity index (χ3n) is 3.30. The van der Waals surface area contributed by atoms with Gasteiger partial charge in [-0.25, -0.2) is 4.79 Å².